The minimum Gasteiger partial charge on any atom is -0.358 e. The third-order valence-electron chi connectivity index (χ3n) is 6.66. The van der Waals surface area contributed by atoms with Gasteiger partial charge < -0.3 is 5.32 Å². The van der Waals surface area contributed by atoms with Gasteiger partial charge in [0.15, 0.2) is 17.3 Å². The van der Waals surface area contributed by atoms with Gasteiger partial charge in [0.1, 0.15) is 17.7 Å². The molecule has 4 heterocycles. The Morgan fingerprint density at radius 3 is 2.49 bits per heavy atom. The van der Waals surface area contributed by atoms with Gasteiger partial charge >= 0.3 is 0 Å². The molecule has 0 aromatic carbocycles. The van der Waals surface area contributed by atoms with E-state index in [-0.39, 0.29) is 29.9 Å². The SMILES string of the molecule is CCSc1cnc(CNc2nc3cnc(-c4c(C)ncnc4C4CC4)nc3n(C(C)C(C)C)c2=O)nc1. The first kappa shape index (κ1) is 25.2. The second-order valence-electron chi connectivity index (χ2n) is 9.64. The number of hydrogen-bond donors (Lipinski definition) is 1. The smallest absolute Gasteiger partial charge is 0.295 e. The summed E-state index contributed by atoms with van der Waals surface area (Å²) in [5.41, 5.74) is 3.47. The number of rotatable bonds is 9. The number of aromatic nitrogens is 8. The van der Waals surface area contributed by atoms with Crippen molar-refractivity contribution in [3.8, 4) is 11.4 Å². The average Bonchev–Trinajstić information content (AvgIpc) is 3.73. The van der Waals surface area contributed by atoms with Crippen molar-refractivity contribution in [3.63, 3.8) is 0 Å². The fourth-order valence-corrected chi connectivity index (χ4v) is 4.77. The number of aryl methyl sites for hydroxylation is 1. The molecule has 4 aromatic heterocycles. The van der Waals surface area contributed by atoms with Crippen LogP contribution in [0.2, 0.25) is 0 Å². The molecule has 1 fully saturated rings. The van der Waals surface area contributed by atoms with Crippen molar-refractivity contribution in [2.45, 2.75) is 70.9 Å². The van der Waals surface area contributed by atoms with Gasteiger partial charge in [-0.15, -0.1) is 11.8 Å². The third kappa shape index (κ3) is 5.18. The van der Waals surface area contributed by atoms with Crippen LogP contribution in [0.4, 0.5) is 5.82 Å². The molecule has 4 aromatic rings. The number of hydrogen-bond acceptors (Lipinski definition) is 10. The van der Waals surface area contributed by atoms with Crippen LogP contribution in [0.15, 0.2) is 34.6 Å². The van der Waals surface area contributed by atoms with Gasteiger partial charge in [-0.2, -0.15) is 0 Å². The van der Waals surface area contributed by atoms with Crippen LogP contribution >= 0.6 is 11.8 Å². The first-order chi connectivity index (χ1) is 17.9. The molecule has 1 aliphatic rings. The topological polar surface area (TPSA) is 124 Å². The van der Waals surface area contributed by atoms with Crippen LogP contribution in [0, 0.1) is 12.8 Å². The molecule has 0 aliphatic heterocycles. The monoisotopic (exact) mass is 517 g/mol. The van der Waals surface area contributed by atoms with Crippen molar-refractivity contribution in [2.75, 3.05) is 11.1 Å². The maximum atomic E-state index is 13.7. The van der Waals surface area contributed by atoms with E-state index in [4.69, 9.17) is 4.98 Å². The molecule has 37 heavy (non-hydrogen) atoms. The Kier molecular flexibility index (Phi) is 7.14. The van der Waals surface area contributed by atoms with Crippen LogP contribution in [-0.2, 0) is 6.54 Å². The van der Waals surface area contributed by atoms with Gasteiger partial charge in [-0.1, -0.05) is 20.8 Å². The number of fused-ring (bicyclic) bond motifs is 1. The van der Waals surface area contributed by atoms with Gasteiger partial charge in [-0.25, -0.2) is 34.9 Å². The summed E-state index contributed by atoms with van der Waals surface area (Å²) in [7, 11) is 0. The minimum atomic E-state index is -0.236. The Hall–Kier alpha value is -3.47. The normalized spacial score (nSPS) is 14.3. The van der Waals surface area contributed by atoms with E-state index in [1.165, 1.54) is 0 Å². The lowest BCUT2D eigenvalue weighted by Gasteiger charge is -2.21. The molecule has 1 N–H and O–H groups in total. The van der Waals surface area contributed by atoms with Crippen molar-refractivity contribution >= 4 is 28.7 Å². The van der Waals surface area contributed by atoms with Crippen molar-refractivity contribution < 1.29 is 0 Å². The zero-order valence-electron chi connectivity index (χ0n) is 21.8. The third-order valence-corrected chi connectivity index (χ3v) is 7.50. The van der Waals surface area contributed by atoms with Crippen LogP contribution in [0.3, 0.4) is 0 Å². The van der Waals surface area contributed by atoms with E-state index in [0.717, 1.165) is 40.4 Å². The lowest BCUT2D eigenvalue weighted by molar-refractivity contribution is 0.406. The lowest BCUT2D eigenvalue weighted by Crippen LogP contribution is -2.30. The molecule has 0 radical (unpaired) electrons. The summed E-state index contributed by atoms with van der Waals surface area (Å²) < 4.78 is 1.72. The molecule has 1 saturated carbocycles. The summed E-state index contributed by atoms with van der Waals surface area (Å²) >= 11 is 1.68. The van der Waals surface area contributed by atoms with E-state index in [0.29, 0.717) is 28.7 Å². The standard InChI is InChI=1S/C26H31N9OS/c1-6-37-18-9-27-20(28-10-18)12-30-24-26(36)35(16(5)14(2)3)25-19(33-24)11-29-23(34-25)21-15(4)31-13-32-22(21)17-7-8-17/h9-11,13-14,16-17H,6-8,12H2,1-5H3,(H,30,33). The highest BCUT2D eigenvalue weighted by atomic mass is 32.2. The molecule has 1 aliphatic carbocycles. The molecule has 10 nitrogen and oxygen atoms in total. The van der Waals surface area contributed by atoms with Gasteiger partial charge in [0.25, 0.3) is 5.56 Å². The van der Waals surface area contributed by atoms with E-state index in [2.05, 4.69) is 56.0 Å². The van der Waals surface area contributed by atoms with Crippen molar-refractivity contribution in [1.29, 1.82) is 0 Å². The molecule has 0 spiro atoms. The highest BCUT2D eigenvalue weighted by Crippen LogP contribution is 2.43. The van der Waals surface area contributed by atoms with E-state index in [1.807, 2.05) is 13.8 Å². The molecule has 5 rings (SSSR count). The highest BCUT2D eigenvalue weighted by molar-refractivity contribution is 7.99. The van der Waals surface area contributed by atoms with Gasteiger partial charge in [0, 0.05) is 29.2 Å². The fourth-order valence-electron chi connectivity index (χ4n) is 4.19. The summed E-state index contributed by atoms with van der Waals surface area (Å²) in [6.07, 6.45) is 9.09. The van der Waals surface area contributed by atoms with Crippen LogP contribution in [-0.4, -0.2) is 45.2 Å². The summed E-state index contributed by atoms with van der Waals surface area (Å²) in [6, 6.07) is -0.112. The van der Waals surface area contributed by atoms with Gasteiger partial charge in [0.05, 0.1) is 29.7 Å². The van der Waals surface area contributed by atoms with Crippen LogP contribution in [0.25, 0.3) is 22.6 Å². The number of nitrogens with zero attached hydrogens (tertiary/aromatic N) is 8. The zero-order chi connectivity index (χ0) is 26.1. The second kappa shape index (κ2) is 10.5. The first-order valence-corrected chi connectivity index (χ1v) is 13.6. The number of nitrogens with one attached hydrogen (secondary N) is 1. The maximum absolute atomic E-state index is 13.7. The maximum Gasteiger partial charge on any atom is 0.295 e. The molecule has 1 unspecified atom stereocenters. The molecule has 192 valence electrons. The Labute approximate surface area is 219 Å². The van der Waals surface area contributed by atoms with Crippen LogP contribution < -0.4 is 10.9 Å². The van der Waals surface area contributed by atoms with E-state index >= 15 is 0 Å². The molecule has 0 bridgehead atoms. The molecule has 0 amide bonds. The Bertz CT molecular complexity index is 1480. The molecular weight excluding hydrogens is 486 g/mol. The highest BCUT2D eigenvalue weighted by Gasteiger charge is 2.30. The minimum absolute atomic E-state index is 0.112. The predicted molar refractivity (Wildman–Crippen MR) is 145 cm³/mol. The zero-order valence-corrected chi connectivity index (χ0v) is 22.6. The van der Waals surface area contributed by atoms with Crippen molar-refractivity contribution in [1.82, 2.24) is 39.5 Å². The van der Waals surface area contributed by atoms with Gasteiger partial charge in [-0.3, -0.25) is 9.36 Å². The number of anilines is 1. The molecule has 0 saturated heterocycles. The van der Waals surface area contributed by atoms with Crippen LogP contribution in [0.1, 0.15) is 69.7 Å². The predicted octanol–water partition coefficient (Wildman–Crippen LogP) is 4.56. The number of thioether (sulfide) groups is 1. The first-order valence-electron chi connectivity index (χ1n) is 12.7. The molecule has 1 atom stereocenters. The largest absolute Gasteiger partial charge is 0.358 e. The van der Waals surface area contributed by atoms with E-state index in [1.54, 1.807) is 41.2 Å². The second-order valence-corrected chi connectivity index (χ2v) is 11.0. The summed E-state index contributed by atoms with van der Waals surface area (Å²) in [4.78, 5) is 46.6. The van der Waals surface area contributed by atoms with Gasteiger partial charge in [-0.05, 0) is 38.4 Å². The fraction of sp³-hybridized carbons (Fsp3) is 0.462. The lowest BCUT2D eigenvalue weighted by atomic mass is 10.1. The summed E-state index contributed by atoms with van der Waals surface area (Å²) in [5, 5.41) is 3.14. The Balaban J connectivity index is 1.56. The van der Waals surface area contributed by atoms with E-state index in [9.17, 15) is 4.79 Å². The van der Waals surface area contributed by atoms with Crippen molar-refractivity contribution in [2.24, 2.45) is 5.92 Å². The van der Waals surface area contributed by atoms with E-state index < -0.39 is 0 Å². The summed E-state index contributed by atoms with van der Waals surface area (Å²) in [6.45, 7) is 10.5. The Morgan fingerprint density at radius 2 is 1.81 bits per heavy atom. The molecular formula is C26H31N9OS. The van der Waals surface area contributed by atoms with Crippen LogP contribution in [0.5, 0.6) is 0 Å². The quantitative estimate of drug-likeness (QED) is 0.316. The van der Waals surface area contributed by atoms with Crippen molar-refractivity contribution in [3.05, 3.63) is 52.5 Å². The average molecular weight is 518 g/mol. The molecule has 11 heteroatoms. The Morgan fingerprint density at radius 1 is 1.05 bits per heavy atom. The summed E-state index contributed by atoms with van der Waals surface area (Å²) in [5.74, 6) is 2.91. The van der Waals surface area contributed by atoms with Gasteiger partial charge in [0.2, 0.25) is 0 Å².